The van der Waals surface area contributed by atoms with Crippen LogP contribution < -0.4 is 10.1 Å². The number of aliphatic carboxylic acids is 1. The number of benzene rings is 1. The topological polar surface area (TPSA) is 88.5 Å². The zero-order chi connectivity index (χ0) is 18.4. The van der Waals surface area contributed by atoms with Gasteiger partial charge in [-0.1, -0.05) is 6.07 Å². The van der Waals surface area contributed by atoms with E-state index in [4.69, 9.17) is 14.8 Å². The lowest BCUT2D eigenvalue weighted by Crippen LogP contribution is -2.24. The van der Waals surface area contributed by atoms with Crippen LogP contribution in [0.25, 0.3) is 0 Å². The molecular formula is C19H22N2O4S. The number of carbonyl (C=O) groups excluding carboxylic acids is 1. The predicted molar refractivity (Wildman–Crippen MR) is 99.0 cm³/mol. The number of hydrogen-bond acceptors (Lipinski definition) is 5. The molecule has 2 aromatic rings. The average molecular weight is 374 g/mol. The minimum absolute atomic E-state index is 0.191. The van der Waals surface area contributed by atoms with Gasteiger partial charge in [0, 0.05) is 23.4 Å². The van der Waals surface area contributed by atoms with Crippen LogP contribution in [0.2, 0.25) is 0 Å². The Morgan fingerprint density at radius 2 is 2.12 bits per heavy atom. The monoisotopic (exact) mass is 374 g/mol. The summed E-state index contributed by atoms with van der Waals surface area (Å²) in [5, 5.41) is 12.7. The molecule has 1 aliphatic carbocycles. The highest BCUT2D eigenvalue weighted by Crippen LogP contribution is 2.27. The van der Waals surface area contributed by atoms with Crippen molar-refractivity contribution in [2.75, 3.05) is 13.2 Å². The molecule has 0 radical (unpaired) electrons. The van der Waals surface area contributed by atoms with E-state index in [0.717, 1.165) is 30.7 Å². The summed E-state index contributed by atoms with van der Waals surface area (Å²) in [6.07, 6.45) is 6.47. The number of hydrogen-bond donors (Lipinski definition) is 2. The first-order valence-corrected chi connectivity index (χ1v) is 9.64. The molecule has 1 heterocycles. The fourth-order valence-corrected chi connectivity index (χ4v) is 4.13. The van der Waals surface area contributed by atoms with Gasteiger partial charge >= 0.3 is 5.97 Å². The molecule has 0 aliphatic heterocycles. The molecule has 0 unspecified atom stereocenters. The number of nitrogens with one attached hydrogen (secondary N) is 1. The van der Waals surface area contributed by atoms with Gasteiger partial charge in [0.1, 0.15) is 5.75 Å². The minimum Gasteiger partial charge on any atom is -0.482 e. The molecule has 0 atom stereocenters. The molecule has 0 saturated carbocycles. The minimum atomic E-state index is -1.05. The van der Waals surface area contributed by atoms with Gasteiger partial charge in [-0.3, -0.25) is 4.79 Å². The predicted octanol–water partition coefficient (Wildman–Crippen LogP) is 2.85. The van der Waals surface area contributed by atoms with Crippen LogP contribution in [0.5, 0.6) is 5.75 Å². The van der Waals surface area contributed by atoms with Crippen LogP contribution in [0, 0.1) is 0 Å². The fraction of sp³-hybridized carbons (Fsp3) is 0.421. The number of nitrogens with zero attached hydrogens (tertiary/aromatic N) is 1. The Kier molecular flexibility index (Phi) is 6.22. The van der Waals surface area contributed by atoms with Crippen molar-refractivity contribution < 1.29 is 19.4 Å². The number of thiazole rings is 1. The van der Waals surface area contributed by atoms with Crippen LogP contribution in [0.15, 0.2) is 24.3 Å². The molecule has 138 valence electrons. The van der Waals surface area contributed by atoms with Crippen LogP contribution >= 0.6 is 11.3 Å². The Balaban J connectivity index is 1.44. The van der Waals surface area contributed by atoms with Gasteiger partial charge in [0.2, 0.25) is 0 Å². The maximum absolute atomic E-state index is 12.2. The summed E-state index contributed by atoms with van der Waals surface area (Å²) in [6.45, 7) is 0.145. The summed E-state index contributed by atoms with van der Waals surface area (Å²) in [4.78, 5) is 28.9. The summed E-state index contributed by atoms with van der Waals surface area (Å²) in [5.41, 5.74) is 1.73. The van der Waals surface area contributed by atoms with Crippen LogP contribution in [0.1, 0.15) is 45.2 Å². The second-order valence-corrected chi connectivity index (χ2v) is 7.42. The molecule has 7 heteroatoms. The van der Waals surface area contributed by atoms with Gasteiger partial charge in [-0.25, -0.2) is 9.78 Å². The average Bonchev–Trinajstić information content (AvgIpc) is 3.06. The maximum Gasteiger partial charge on any atom is 0.341 e. The van der Waals surface area contributed by atoms with E-state index in [1.165, 1.54) is 23.4 Å². The lowest BCUT2D eigenvalue weighted by atomic mass is 10.0. The van der Waals surface area contributed by atoms with Gasteiger partial charge in [0.15, 0.2) is 6.61 Å². The first-order valence-electron chi connectivity index (χ1n) is 8.82. The van der Waals surface area contributed by atoms with Crippen molar-refractivity contribution >= 4 is 23.2 Å². The highest BCUT2D eigenvalue weighted by atomic mass is 32.1. The number of carbonyl (C=O) groups is 2. The largest absolute Gasteiger partial charge is 0.482 e. The van der Waals surface area contributed by atoms with E-state index >= 15 is 0 Å². The molecular weight excluding hydrogens is 352 g/mol. The van der Waals surface area contributed by atoms with E-state index in [1.807, 2.05) is 11.3 Å². The zero-order valence-corrected chi connectivity index (χ0v) is 15.3. The SMILES string of the molecule is O=C(O)COc1cccc(C(=O)NCCCc2nc3c(s2)CCCC3)c1. The van der Waals surface area contributed by atoms with Gasteiger partial charge in [-0.05, 0) is 50.3 Å². The lowest BCUT2D eigenvalue weighted by Gasteiger charge is -2.07. The molecule has 0 spiro atoms. The van der Waals surface area contributed by atoms with Crippen LogP contribution in [-0.2, 0) is 24.1 Å². The summed E-state index contributed by atoms with van der Waals surface area (Å²) in [5.74, 6) is -0.874. The quantitative estimate of drug-likeness (QED) is 0.694. The number of carboxylic acids is 1. The van der Waals surface area contributed by atoms with Crippen molar-refractivity contribution in [1.82, 2.24) is 10.3 Å². The summed E-state index contributed by atoms with van der Waals surface area (Å²) >= 11 is 1.81. The van der Waals surface area contributed by atoms with Crippen molar-refractivity contribution in [2.24, 2.45) is 0 Å². The Labute approximate surface area is 156 Å². The molecule has 1 amide bonds. The van der Waals surface area contributed by atoms with Gasteiger partial charge < -0.3 is 15.2 Å². The molecule has 1 aromatic carbocycles. The van der Waals surface area contributed by atoms with E-state index in [1.54, 1.807) is 24.3 Å². The first kappa shape index (κ1) is 18.4. The van der Waals surface area contributed by atoms with Gasteiger partial charge in [-0.15, -0.1) is 11.3 Å². The fourth-order valence-electron chi connectivity index (χ4n) is 2.93. The normalized spacial score (nSPS) is 13.1. The number of amides is 1. The molecule has 3 rings (SSSR count). The molecule has 0 fully saturated rings. The van der Waals surface area contributed by atoms with E-state index in [0.29, 0.717) is 17.9 Å². The van der Waals surface area contributed by atoms with Crippen molar-refractivity contribution in [3.63, 3.8) is 0 Å². The molecule has 26 heavy (non-hydrogen) atoms. The third kappa shape index (κ3) is 5.05. The van der Waals surface area contributed by atoms with E-state index in [-0.39, 0.29) is 5.91 Å². The Morgan fingerprint density at radius 1 is 1.27 bits per heavy atom. The number of carboxylic acid groups (broad SMARTS) is 1. The van der Waals surface area contributed by atoms with Crippen molar-refractivity contribution in [3.8, 4) is 5.75 Å². The number of aryl methyl sites for hydroxylation is 3. The highest BCUT2D eigenvalue weighted by Gasteiger charge is 2.15. The molecule has 6 nitrogen and oxygen atoms in total. The summed E-state index contributed by atoms with van der Waals surface area (Å²) < 4.78 is 5.10. The van der Waals surface area contributed by atoms with Crippen LogP contribution in [-0.4, -0.2) is 35.1 Å². The third-order valence-electron chi connectivity index (χ3n) is 4.20. The Bertz CT molecular complexity index is 764. The van der Waals surface area contributed by atoms with E-state index in [9.17, 15) is 9.59 Å². The second-order valence-electron chi connectivity index (χ2n) is 6.25. The third-order valence-corrected chi connectivity index (χ3v) is 5.42. The lowest BCUT2D eigenvalue weighted by molar-refractivity contribution is -0.139. The molecule has 1 aromatic heterocycles. The van der Waals surface area contributed by atoms with Gasteiger partial charge in [0.25, 0.3) is 5.91 Å². The molecule has 2 N–H and O–H groups in total. The van der Waals surface area contributed by atoms with Crippen molar-refractivity contribution in [2.45, 2.75) is 38.5 Å². The zero-order valence-electron chi connectivity index (χ0n) is 14.5. The second kappa shape index (κ2) is 8.80. The van der Waals surface area contributed by atoms with Gasteiger partial charge in [0.05, 0.1) is 10.7 Å². The van der Waals surface area contributed by atoms with E-state index < -0.39 is 12.6 Å². The standard InChI is InChI=1S/C19H22N2O4S/c22-18(23)12-25-14-6-3-5-13(11-14)19(24)20-10-4-9-17-21-15-7-1-2-8-16(15)26-17/h3,5-6,11H,1-2,4,7-10,12H2,(H,20,24)(H,22,23). The summed E-state index contributed by atoms with van der Waals surface area (Å²) in [7, 11) is 0. The van der Waals surface area contributed by atoms with Crippen molar-refractivity contribution in [1.29, 1.82) is 0 Å². The molecule has 0 saturated heterocycles. The number of rotatable bonds is 8. The van der Waals surface area contributed by atoms with E-state index in [2.05, 4.69) is 5.32 Å². The number of aromatic nitrogens is 1. The number of fused-ring (bicyclic) bond motifs is 1. The highest BCUT2D eigenvalue weighted by molar-refractivity contribution is 7.11. The Morgan fingerprint density at radius 3 is 2.92 bits per heavy atom. The van der Waals surface area contributed by atoms with Crippen molar-refractivity contribution in [3.05, 3.63) is 45.4 Å². The smallest absolute Gasteiger partial charge is 0.341 e. The maximum atomic E-state index is 12.2. The van der Waals surface area contributed by atoms with Crippen LogP contribution in [0.3, 0.4) is 0 Å². The molecule has 0 bridgehead atoms. The number of ether oxygens (including phenoxy) is 1. The first-order chi connectivity index (χ1) is 12.6. The Hall–Kier alpha value is -2.41. The van der Waals surface area contributed by atoms with Crippen LogP contribution in [0.4, 0.5) is 0 Å². The van der Waals surface area contributed by atoms with Gasteiger partial charge in [-0.2, -0.15) is 0 Å². The summed E-state index contributed by atoms with van der Waals surface area (Å²) in [6, 6.07) is 6.53. The molecule has 1 aliphatic rings.